The lowest BCUT2D eigenvalue weighted by Crippen LogP contribution is -2.39. The van der Waals surface area contributed by atoms with Gasteiger partial charge in [-0.1, -0.05) is 13.8 Å². The lowest BCUT2D eigenvalue weighted by molar-refractivity contribution is -0.705. The summed E-state index contributed by atoms with van der Waals surface area (Å²) in [6.07, 6.45) is 6.48. The van der Waals surface area contributed by atoms with Gasteiger partial charge in [0.15, 0.2) is 0 Å². The first-order chi connectivity index (χ1) is 7.33. The molecule has 1 heterocycles. The van der Waals surface area contributed by atoms with Crippen LogP contribution < -0.4 is 4.57 Å². The zero-order valence-corrected chi connectivity index (χ0v) is 10.2. The van der Waals surface area contributed by atoms with Gasteiger partial charge in [-0.2, -0.15) is 0 Å². The van der Waals surface area contributed by atoms with Crippen molar-refractivity contribution in [2.24, 2.45) is 0 Å². The highest BCUT2D eigenvalue weighted by Gasteiger charge is 2.12. The van der Waals surface area contributed by atoms with Gasteiger partial charge in [0.25, 0.3) is 5.82 Å². The second-order valence-electron chi connectivity index (χ2n) is 3.66. The van der Waals surface area contributed by atoms with Crippen molar-refractivity contribution in [1.29, 1.82) is 0 Å². The number of imidazole rings is 1. The molecule has 0 unspecified atom stereocenters. The maximum atomic E-state index is 5.50. The molecule has 0 N–H and O–H groups in total. The minimum Gasteiger partial charge on any atom is -0.377 e. The van der Waals surface area contributed by atoms with E-state index in [9.17, 15) is 0 Å². The zero-order chi connectivity index (χ0) is 11.1. The summed E-state index contributed by atoms with van der Waals surface area (Å²) in [5.74, 6) is 1.39. The Morgan fingerprint density at radius 2 is 2.07 bits per heavy atom. The summed E-state index contributed by atoms with van der Waals surface area (Å²) >= 11 is 0. The summed E-state index contributed by atoms with van der Waals surface area (Å²) in [5, 5.41) is 0. The molecule has 86 valence electrons. The van der Waals surface area contributed by atoms with Crippen LogP contribution in [-0.2, 0) is 24.2 Å². The van der Waals surface area contributed by atoms with Gasteiger partial charge >= 0.3 is 0 Å². The highest BCUT2D eigenvalue weighted by molar-refractivity contribution is 4.82. The smallest absolute Gasteiger partial charge is 0.256 e. The minimum absolute atomic E-state index is 0.819. The maximum absolute atomic E-state index is 5.50. The second kappa shape index (κ2) is 6.62. The van der Waals surface area contributed by atoms with Gasteiger partial charge in [0.05, 0.1) is 13.2 Å². The van der Waals surface area contributed by atoms with Gasteiger partial charge < -0.3 is 4.74 Å². The number of aromatic nitrogens is 2. The van der Waals surface area contributed by atoms with Gasteiger partial charge in [0, 0.05) is 13.0 Å². The van der Waals surface area contributed by atoms with Gasteiger partial charge in [-0.3, -0.25) is 0 Å². The Bertz CT molecular complexity index is 281. The summed E-state index contributed by atoms with van der Waals surface area (Å²) in [5.41, 5.74) is 0. The Balaban J connectivity index is 2.49. The number of nitrogens with zero attached hydrogens (tertiary/aromatic N) is 2. The van der Waals surface area contributed by atoms with Crippen LogP contribution in [0.1, 0.15) is 33.0 Å². The molecule has 0 saturated carbocycles. The quantitative estimate of drug-likeness (QED) is 0.496. The molecule has 0 fully saturated rings. The summed E-state index contributed by atoms with van der Waals surface area (Å²) in [6, 6.07) is 0. The zero-order valence-electron chi connectivity index (χ0n) is 10.2. The molecule has 0 amide bonds. The maximum Gasteiger partial charge on any atom is 0.256 e. The van der Waals surface area contributed by atoms with E-state index in [0.29, 0.717) is 0 Å². The highest BCUT2D eigenvalue weighted by Crippen LogP contribution is 1.96. The molecule has 0 aliphatic rings. The van der Waals surface area contributed by atoms with Crippen molar-refractivity contribution in [3.8, 4) is 0 Å². The Kier molecular flexibility index (Phi) is 5.40. The SMILES string of the molecule is CCCOCC[n+]1ccn(CC)c1CC. The Labute approximate surface area is 92.7 Å². The Morgan fingerprint density at radius 3 is 2.67 bits per heavy atom. The van der Waals surface area contributed by atoms with Crippen LogP contribution in [-0.4, -0.2) is 17.8 Å². The molecule has 0 aromatic carbocycles. The Hall–Kier alpha value is -0.830. The predicted octanol–water partition coefficient (Wildman–Crippen LogP) is 1.78. The fourth-order valence-electron chi connectivity index (χ4n) is 1.81. The molecule has 3 nitrogen and oxygen atoms in total. The Morgan fingerprint density at radius 1 is 1.27 bits per heavy atom. The fraction of sp³-hybridized carbons (Fsp3) is 0.750. The third-order valence-corrected chi connectivity index (χ3v) is 2.57. The van der Waals surface area contributed by atoms with E-state index in [0.717, 1.165) is 39.1 Å². The van der Waals surface area contributed by atoms with Crippen molar-refractivity contribution >= 4 is 0 Å². The van der Waals surface area contributed by atoms with Gasteiger partial charge in [-0.15, -0.1) is 0 Å². The van der Waals surface area contributed by atoms with Crippen LogP contribution in [0.5, 0.6) is 0 Å². The molecular weight excluding hydrogens is 188 g/mol. The first-order valence-corrected chi connectivity index (χ1v) is 5.98. The largest absolute Gasteiger partial charge is 0.377 e. The standard InChI is InChI=1S/C12H23N2O/c1-4-10-15-11-9-14-8-7-13(6-3)12(14)5-2/h7-8H,4-6,9-11H2,1-3H3/q+1. The molecule has 0 saturated heterocycles. The number of rotatable bonds is 7. The molecule has 0 aliphatic carbocycles. The van der Waals surface area contributed by atoms with Crippen LogP contribution in [0.15, 0.2) is 12.4 Å². The van der Waals surface area contributed by atoms with E-state index in [2.05, 4.69) is 42.3 Å². The summed E-state index contributed by atoms with van der Waals surface area (Å²) in [6.45, 7) is 10.2. The lowest BCUT2D eigenvalue weighted by atomic mass is 10.4. The third-order valence-electron chi connectivity index (χ3n) is 2.57. The monoisotopic (exact) mass is 211 g/mol. The fourth-order valence-corrected chi connectivity index (χ4v) is 1.81. The molecule has 1 aromatic heterocycles. The first-order valence-electron chi connectivity index (χ1n) is 5.98. The molecule has 0 atom stereocenters. The molecule has 0 bridgehead atoms. The average Bonchev–Trinajstić information content (AvgIpc) is 2.66. The van der Waals surface area contributed by atoms with Crippen molar-refractivity contribution in [2.75, 3.05) is 13.2 Å². The van der Waals surface area contributed by atoms with E-state index < -0.39 is 0 Å². The number of aryl methyl sites for hydroxylation is 1. The topological polar surface area (TPSA) is 18.0 Å². The first kappa shape index (κ1) is 12.2. The molecule has 3 heteroatoms. The lowest BCUT2D eigenvalue weighted by Gasteiger charge is -2.03. The van der Waals surface area contributed by atoms with Crippen molar-refractivity contribution in [1.82, 2.24) is 4.57 Å². The van der Waals surface area contributed by atoms with Crippen LogP contribution >= 0.6 is 0 Å². The van der Waals surface area contributed by atoms with E-state index >= 15 is 0 Å². The molecule has 0 aliphatic heterocycles. The van der Waals surface area contributed by atoms with Gasteiger partial charge in [-0.25, -0.2) is 9.13 Å². The molecular formula is C12H23N2O+. The van der Waals surface area contributed by atoms with Crippen LogP contribution in [0.3, 0.4) is 0 Å². The van der Waals surface area contributed by atoms with Crippen LogP contribution in [0, 0.1) is 0 Å². The molecule has 0 radical (unpaired) electrons. The van der Waals surface area contributed by atoms with E-state index in [1.807, 2.05) is 0 Å². The summed E-state index contributed by atoms with van der Waals surface area (Å²) in [4.78, 5) is 0. The molecule has 15 heavy (non-hydrogen) atoms. The molecule has 1 rings (SSSR count). The highest BCUT2D eigenvalue weighted by atomic mass is 16.5. The van der Waals surface area contributed by atoms with E-state index in [1.54, 1.807) is 0 Å². The normalized spacial score (nSPS) is 10.9. The predicted molar refractivity (Wildman–Crippen MR) is 60.8 cm³/mol. The number of hydrogen-bond donors (Lipinski definition) is 0. The van der Waals surface area contributed by atoms with Crippen LogP contribution in [0.25, 0.3) is 0 Å². The number of ether oxygens (including phenoxy) is 1. The van der Waals surface area contributed by atoms with E-state index in [-0.39, 0.29) is 0 Å². The van der Waals surface area contributed by atoms with Gasteiger partial charge in [-0.05, 0) is 13.3 Å². The second-order valence-corrected chi connectivity index (χ2v) is 3.66. The average molecular weight is 211 g/mol. The molecule has 1 aromatic rings. The van der Waals surface area contributed by atoms with Gasteiger partial charge in [0.2, 0.25) is 0 Å². The van der Waals surface area contributed by atoms with E-state index in [1.165, 1.54) is 5.82 Å². The molecule has 0 spiro atoms. The van der Waals surface area contributed by atoms with Crippen molar-refractivity contribution in [3.63, 3.8) is 0 Å². The minimum atomic E-state index is 0.819. The van der Waals surface area contributed by atoms with Crippen LogP contribution in [0.2, 0.25) is 0 Å². The van der Waals surface area contributed by atoms with Crippen molar-refractivity contribution < 1.29 is 9.30 Å². The number of hydrogen-bond acceptors (Lipinski definition) is 1. The van der Waals surface area contributed by atoms with Gasteiger partial charge in [0.1, 0.15) is 18.9 Å². The van der Waals surface area contributed by atoms with E-state index in [4.69, 9.17) is 4.74 Å². The summed E-state index contributed by atoms with van der Waals surface area (Å²) < 4.78 is 10.1. The third kappa shape index (κ3) is 3.34. The van der Waals surface area contributed by atoms with Crippen LogP contribution in [0.4, 0.5) is 0 Å². The summed E-state index contributed by atoms with van der Waals surface area (Å²) in [7, 11) is 0. The van der Waals surface area contributed by atoms with Crippen molar-refractivity contribution in [3.05, 3.63) is 18.2 Å². The van der Waals surface area contributed by atoms with Crippen molar-refractivity contribution in [2.45, 2.75) is 46.7 Å².